The van der Waals surface area contributed by atoms with Crippen LogP contribution in [0.25, 0.3) is 0 Å². The largest absolute Gasteiger partial charge is 0.324 e. The topological polar surface area (TPSA) is 54.7 Å². The van der Waals surface area contributed by atoms with Crippen molar-refractivity contribution in [2.75, 3.05) is 0 Å². The molecule has 1 heterocycles. The number of benzene rings is 1. The third-order valence-corrected chi connectivity index (χ3v) is 2.53. The number of nitrogens with zero attached hydrogens (tertiary/aromatic N) is 1. The average molecular weight is 222 g/mol. The van der Waals surface area contributed by atoms with Gasteiger partial charge in [-0.3, -0.25) is 5.10 Å². The molecule has 1 aromatic carbocycles. The highest BCUT2D eigenvalue weighted by Crippen LogP contribution is 2.17. The molecular weight excluding hydrogens is 210 g/mol. The van der Waals surface area contributed by atoms with Gasteiger partial charge in [-0.05, 0) is 24.1 Å². The molecule has 2 rings (SSSR count). The van der Waals surface area contributed by atoms with Crippen LogP contribution in [0.5, 0.6) is 0 Å². The molecule has 0 spiro atoms. The van der Waals surface area contributed by atoms with Gasteiger partial charge in [-0.1, -0.05) is 23.7 Å². The molecule has 0 aliphatic rings. The minimum absolute atomic E-state index is 0.0396. The van der Waals surface area contributed by atoms with Gasteiger partial charge in [-0.2, -0.15) is 5.10 Å². The fraction of sp³-hybridized carbons (Fsp3) is 0.182. The van der Waals surface area contributed by atoms with Gasteiger partial charge in [-0.15, -0.1) is 0 Å². The Kier molecular flexibility index (Phi) is 3.04. The average Bonchev–Trinajstić information content (AvgIpc) is 2.70. The van der Waals surface area contributed by atoms with E-state index in [2.05, 4.69) is 10.2 Å². The van der Waals surface area contributed by atoms with E-state index in [0.29, 0.717) is 0 Å². The van der Waals surface area contributed by atoms with Crippen LogP contribution in [0.3, 0.4) is 0 Å². The molecule has 1 aromatic heterocycles. The zero-order valence-corrected chi connectivity index (χ0v) is 8.91. The van der Waals surface area contributed by atoms with Crippen LogP contribution in [0.4, 0.5) is 0 Å². The highest BCUT2D eigenvalue weighted by atomic mass is 35.5. The van der Waals surface area contributed by atoms with Crippen molar-refractivity contribution in [3.8, 4) is 0 Å². The number of hydrogen-bond acceptors (Lipinski definition) is 2. The molecule has 4 heteroatoms. The predicted molar refractivity (Wildman–Crippen MR) is 60.7 cm³/mol. The second-order valence-corrected chi connectivity index (χ2v) is 3.91. The van der Waals surface area contributed by atoms with Crippen molar-refractivity contribution in [2.24, 2.45) is 5.73 Å². The Morgan fingerprint density at radius 3 is 3.00 bits per heavy atom. The van der Waals surface area contributed by atoms with Crippen molar-refractivity contribution in [1.82, 2.24) is 10.2 Å². The Hall–Kier alpha value is -1.32. The highest BCUT2D eigenvalue weighted by Gasteiger charge is 2.07. The van der Waals surface area contributed by atoms with Crippen LogP contribution in [-0.2, 0) is 6.42 Å². The highest BCUT2D eigenvalue weighted by molar-refractivity contribution is 6.30. The van der Waals surface area contributed by atoms with Crippen LogP contribution in [0.15, 0.2) is 36.7 Å². The predicted octanol–water partition coefficient (Wildman–Crippen LogP) is 2.31. The quantitative estimate of drug-likeness (QED) is 0.836. The molecule has 1 unspecified atom stereocenters. The Labute approximate surface area is 93.3 Å². The Morgan fingerprint density at radius 2 is 2.33 bits per heavy atom. The standard InChI is InChI=1S/C11H12ClN3/c12-10-3-1-2-8(4-10)5-11(13)9-6-14-15-7-9/h1-4,6-7,11H,5,13H2,(H,14,15). The summed E-state index contributed by atoms with van der Waals surface area (Å²) in [6, 6.07) is 7.70. The van der Waals surface area contributed by atoms with E-state index >= 15 is 0 Å². The van der Waals surface area contributed by atoms with Crippen molar-refractivity contribution < 1.29 is 0 Å². The zero-order chi connectivity index (χ0) is 10.7. The molecular formula is C11H12ClN3. The summed E-state index contributed by atoms with van der Waals surface area (Å²) in [6.07, 6.45) is 4.32. The lowest BCUT2D eigenvalue weighted by atomic mass is 10.0. The molecule has 0 aliphatic heterocycles. The van der Waals surface area contributed by atoms with Crippen molar-refractivity contribution in [3.05, 3.63) is 52.8 Å². The van der Waals surface area contributed by atoms with E-state index in [1.807, 2.05) is 30.5 Å². The van der Waals surface area contributed by atoms with E-state index in [-0.39, 0.29) is 6.04 Å². The summed E-state index contributed by atoms with van der Waals surface area (Å²) in [5, 5.41) is 7.37. The first-order valence-electron chi connectivity index (χ1n) is 4.74. The van der Waals surface area contributed by atoms with Crippen molar-refractivity contribution in [1.29, 1.82) is 0 Å². The molecule has 2 aromatic rings. The number of H-pyrrole nitrogens is 1. The van der Waals surface area contributed by atoms with Gasteiger partial charge in [0, 0.05) is 22.8 Å². The Bertz CT molecular complexity index is 425. The third kappa shape index (κ3) is 2.58. The van der Waals surface area contributed by atoms with Gasteiger partial charge < -0.3 is 5.73 Å². The van der Waals surface area contributed by atoms with Crippen LogP contribution in [-0.4, -0.2) is 10.2 Å². The molecule has 0 saturated heterocycles. The monoisotopic (exact) mass is 221 g/mol. The molecule has 0 amide bonds. The minimum Gasteiger partial charge on any atom is -0.324 e. The van der Waals surface area contributed by atoms with Crippen molar-refractivity contribution in [3.63, 3.8) is 0 Å². The molecule has 0 saturated carbocycles. The van der Waals surface area contributed by atoms with Crippen LogP contribution in [0, 0.1) is 0 Å². The van der Waals surface area contributed by atoms with Gasteiger partial charge in [0.25, 0.3) is 0 Å². The molecule has 3 N–H and O–H groups in total. The SMILES string of the molecule is NC(Cc1cccc(Cl)c1)c1cn[nH]c1. The van der Waals surface area contributed by atoms with Gasteiger partial charge in [-0.25, -0.2) is 0 Å². The van der Waals surface area contributed by atoms with E-state index in [4.69, 9.17) is 17.3 Å². The summed E-state index contributed by atoms with van der Waals surface area (Å²) in [5.74, 6) is 0. The number of aromatic amines is 1. The van der Waals surface area contributed by atoms with Crippen molar-refractivity contribution >= 4 is 11.6 Å². The molecule has 0 bridgehead atoms. The van der Waals surface area contributed by atoms with E-state index in [1.54, 1.807) is 6.20 Å². The minimum atomic E-state index is -0.0396. The summed E-state index contributed by atoms with van der Waals surface area (Å²) >= 11 is 5.89. The molecule has 0 radical (unpaired) electrons. The van der Waals surface area contributed by atoms with Crippen LogP contribution < -0.4 is 5.73 Å². The Morgan fingerprint density at radius 1 is 1.47 bits per heavy atom. The normalized spacial score (nSPS) is 12.7. The first-order valence-corrected chi connectivity index (χ1v) is 5.12. The van der Waals surface area contributed by atoms with E-state index in [1.165, 1.54) is 0 Å². The van der Waals surface area contributed by atoms with Gasteiger partial charge in [0.1, 0.15) is 0 Å². The summed E-state index contributed by atoms with van der Waals surface area (Å²) in [4.78, 5) is 0. The molecule has 3 nitrogen and oxygen atoms in total. The molecule has 78 valence electrons. The van der Waals surface area contributed by atoms with Crippen molar-refractivity contribution in [2.45, 2.75) is 12.5 Å². The number of nitrogens with two attached hydrogens (primary N) is 1. The maximum Gasteiger partial charge on any atom is 0.0535 e. The van der Waals surface area contributed by atoms with Crippen LogP contribution in [0.2, 0.25) is 5.02 Å². The molecule has 15 heavy (non-hydrogen) atoms. The number of aromatic nitrogens is 2. The maximum absolute atomic E-state index is 6.02. The molecule has 0 aliphatic carbocycles. The second-order valence-electron chi connectivity index (χ2n) is 3.47. The first kappa shape index (κ1) is 10.2. The second kappa shape index (κ2) is 4.47. The summed E-state index contributed by atoms with van der Waals surface area (Å²) < 4.78 is 0. The summed E-state index contributed by atoms with van der Waals surface area (Å²) in [6.45, 7) is 0. The molecule has 0 fully saturated rings. The van der Waals surface area contributed by atoms with E-state index in [0.717, 1.165) is 22.6 Å². The van der Waals surface area contributed by atoms with Crippen LogP contribution >= 0.6 is 11.6 Å². The molecule has 1 atom stereocenters. The van der Waals surface area contributed by atoms with Gasteiger partial charge in [0.15, 0.2) is 0 Å². The number of hydrogen-bond donors (Lipinski definition) is 2. The summed E-state index contributed by atoms with van der Waals surface area (Å²) in [5.41, 5.74) is 8.16. The van der Waals surface area contributed by atoms with Gasteiger partial charge in [0.05, 0.1) is 6.20 Å². The third-order valence-electron chi connectivity index (χ3n) is 2.29. The zero-order valence-electron chi connectivity index (χ0n) is 8.15. The number of halogens is 1. The fourth-order valence-electron chi connectivity index (χ4n) is 1.50. The van der Waals surface area contributed by atoms with E-state index in [9.17, 15) is 0 Å². The number of rotatable bonds is 3. The lowest BCUT2D eigenvalue weighted by Gasteiger charge is -2.09. The first-order chi connectivity index (χ1) is 7.25. The van der Waals surface area contributed by atoms with Gasteiger partial charge in [0.2, 0.25) is 0 Å². The van der Waals surface area contributed by atoms with E-state index < -0.39 is 0 Å². The Balaban J connectivity index is 2.09. The maximum atomic E-state index is 6.02. The van der Waals surface area contributed by atoms with Crippen LogP contribution in [0.1, 0.15) is 17.2 Å². The summed E-state index contributed by atoms with van der Waals surface area (Å²) in [7, 11) is 0. The number of nitrogens with one attached hydrogen (secondary N) is 1. The van der Waals surface area contributed by atoms with Gasteiger partial charge >= 0.3 is 0 Å². The smallest absolute Gasteiger partial charge is 0.0535 e. The fourth-order valence-corrected chi connectivity index (χ4v) is 1.71. The lowest BCUT2D eigenvalue weighted by molar-refractivity contribution is 0.722. The lowest BCUT2D eigenvalue weighted by Crippen LogP contribution is -2.12.